The first-order chi connectivity index (χ1) is 9.86. The number of aliphatic carboxylic acids is 1. The summed E-state index contributed by atoms with van der Waals surface area (Å²) in [5.74, 6) is -1.60. The number of nitro groups is 1. The number of carbonyl (C=O) groups is 1. The number of halogens is 3. The largest absolute Gasteiger partial charge is 0.480 e. The SMILES string of the molecule is C[C@@H](NS(=O)(=O)c1ccc([N+](=O)[O-])cc1C(F)(F)F)C(=O)O. The molecule has 0 saturated heterocycles. The van der Waals surface area contributed by atoms with E-state index in [-0.39, 0.29) is 6.07 Å². The van der Waals surface area contributed by atoms with Crippen molar-refractivity contribution in [3.05, 3.63) is 33.9 Å². The topological polar surface area (TPSA) is 127 Å². The van der Waals surface area contributed by atoms with Gasteiger partial charge in [0.25, 0.3) is 5.69 Å². The second-order valence-corrected chi connectivity index (χ2v) is 5.80. The second kappa shape index (κ2) is 5.88. The van der Waals surface area contributed by atoms with Gasteiger partial charge in [-0.1, -0.05) is 0 Å². The molecule has 1 aromatic carbocycles. The van der Waals surface area contributed by atoms with Crippen molar-refractivity contribution in [1.29, 1.82) is 0 Å². The number of rotatable bonds is 5. The summed E-state index contributed by atoms with van der Waals surface area (Å²) in [6.07, 6.45) is -5.18. The highest BCUT2D eigenvalue weighted by atomic mass is 32.2. The minimum atomic E-state index is -5.18. The van der Waals surface area contributed by atoms with Crippen LogP contribution in [0.5, 0.6) is 0 Å². The van der Waals surface area contributed by atoms with Crippen molar-refractivity contribution in [3.8, 4) is 0 Å². The Hall–Kier alpha value is -2.21. The van der Waals surface area contributed by atoms with E-state index >= 15 is 0 Å². The van der Waals surface area contributed by atoms with Gasteiger partial charge in [-0.05, 0) is 13.0 Å². The lowest BCUT2D eigenvalue weighted by atomic mass is 10.2. The zero-order chi connectivity index (χ0) is 17.3. The lowest BCUT2D eigenvalue weighted by molar-refractivity contribution is -0.385. The summed E-state index contributed by atoms with van der Waals surface area (Å²) in [7, 11) is -4.83. The van der Waals surface area contributed by atoms with Crippen molar-refractivity contribution in [2.75, 3.05) is 0 Å². The van der Waals surface area contributed by atoms with Gasteiger partial charge >= 0.3 is 12.1 Å². The van der Waals surface area contributed by atoms with Crippen molar-refractivity contribution in [2.24, 2.45) is 0 Å². The highest BCUT2D eigenvalue weighted by Gasteiger charge is 2.39. The lowest BCUT2D eigenvalue weighted by Crippen LogP contribution is -2.39. The summed E-state index contributed by atoms with van der Waals surface area (Å²) < 4.78 is 63.9. The third-order valence-electron chi connectivity index (χ3n) is 2.47. The average Bonchev–Trinajstić information content (AvgIpc) is 2.36. The fraction of sp³-hybridized carbons (Fsp3) is 0.300. The van der Waals surface area contributed by atoms with Crippen LogP contribution in [0.2, 0.25) is 0 Å². The molecule has 0 aromatic heterocycles. The highest BCUT2D eigenvalue weighted by Crippen LogP contribution is 2.36. The normalized spacial score (nSPS) is 13.6. The molecular formula is C10H9F3N2O6S. The Morgan fingerprint density at radius 3 is 2.36 bits per heavy atom. The molecule has 0 fully saturated rings. The number of carboxylic acid groups (broad SMARTS) is 1. The van der Waals surface area contributed by atoms with E-state index in [1.165, 1.54) is 4.72 Å². The molecule has 0 radical (unpaired) electrons. The van der Waals surface area contributed by atoms with Crippen molar-refractivity contribution in [1.82, 2.24) is 4.72 Å². The molecule has 0 amide bonds. The first kappa shape index (κ1) is 17.8. The zero-order valence-electron chi connectivity index (χ0n) is 10.8. The van der Waals surface area contributed by atoms with Crippen LogP contribution in [0.15, 0.2) is 23.1 Å². The summed E-state index contributed by atoms with van der Waals surface area (Å²) in [4.78, 5) is 18.7. The number of nitrogens with zero attached hydrogens (tertiary/aromatic N) is 1. The Kier molecular flexibility index (Phi) is 4.77. The number of sulfonamides is 1. The highest BCUT2D eigenvalue weighted by molar-refractivity contribution is 7.89. The number of non-ortho nitro benzene ring substituents is 1. The number of hydrogen-bond acceptors (Lipinski definition) is 5. The molecular weight excluding hydrogens is 333 g/mol. The number of nitro benzene ring substituents is 1. The predicted octanol–water partition coefficient (Wildman–Crippen LogP) is 1.37. The van der Waals surface area contributed by atoms with E-state index in [0.717, 1.165) is 6.92 Å². The fourth-order valence-corrected chi connectivity index (χ4v) is 2.84. The Balaban J connectivity index is 3.46. The first-order valence-corrected chi connectivity index (χ1v) is 6.95. The van der Waals surface area contributed by atoms with Crippen LogP contribution in [-0.2, 0) is 21.0 Å². The van der Waals surface area contributed by atoms with E-state index in [1.807, 2.05) is 0 Å². The summed E-state index contributed by atoms with van der Waals surface area (Å²) >= 11 is 0. The first-order valence-electron chi connectivity index (χ1n) is 5.47. The van der Waals surface area contributed by atoms with E-state index in [1.54, 1.807) is 0 Å². The van der Waals surface area contributed by atoms with Crippen LogP contribution in [0.25, 0.3) is 0 Å². The van der Waals surface area contributed by atoms with Gasteiger partial charge < -0.3 is 5.11 Å². The van der Waals surface area contributed by atoms with Gasteiger partial charge in [0, 0.05) is 12.1 Å². The van der Waals surface area contributed by atoms with Crippen LogP contribution in [0.3, 0.4) is 0 Å². The molecule has 0 aliphatic rings. The van der Waals surface area contributed by atoms with Crippen LogP contribution in [-0.4, -0.2) is 30.5 Å². The summed E-state index contributed by atoms with van der Waals surface area (Å²) in [5.41, 5.74) is -2.70. The molecule has 0 heterocycles. The minimum absolute atomic E-state index is 0.0694. The molecule has 8 nitrogen and oxygen atoms in total. The third kappa shape index (κ3) is 3.92. The Morgan fingerprint density at radius 1 is 1.41 bits per heavy atom. The lowest BCUT2D eigenvalue weighted by Gasteiger charge is -2.15. The number of nitrogens with one attached hydrogen (secondary N) is 1. The average molecular weight is 342 g/mol. The van der Waals surface area contributed by atoms with E-state index in [4.69, 9.17) is 5.11 Å². The van der Waals surface area contributed by atoms with Crippen molar-refractivity contribution in [3.63, 3.8) is 0 Å². The molecule has 0 saturated carbocycles. The third-order valence-corrected chi connectivity index (χ3v) is 4.07. The maximum Gasteiger partial charge on any atom is 0.417 e. The van der Waals surface area contributed by atoms with Crippen LogP contribution < -0.4 is 4.72 Å². The summed E-state index contributed by atoms with van der Waals surface area (Å²) in [5, 5.41) is 19.1. The monoisotopic (exact) mass is 342 g/mol. The van der Waals surface area contributed by atoms with Gasteiger partial charge in [0.2, 0.25) is 10.0 Å². The van der Waals surface area contributed by atoms with E-state index in [2.05, 4.69) is 0 Å². The Labute approximate surface area is 121 Å². The molecule has 0 unspecified atom stereocenters. The molecule has 0 bridgehead atoms. The van der Waals surface area contributed by atoms with E-state index in [9.17, 15) is 36.5 Å². The molecule has 0 aliphatic heterocycles. The van der Waals surface area contributed by atoms with Crippen LogP contribution in [0.1, 0.15) is 12.5 Å². The minimum Gasteiger partial charge on any atom is -0.480 e. The van der Waals surface area contributed by atoms with Gasteiger partial charge in [-0.3, -0.25) is 14.9 Å². The van der Waals surface area contributed by atoms with Gasteiger partial charge in [-0.15, -0.1) is 0 Å². The van der Waals surface area contributed by atoms with Crippen LogP contribution in [0.4, 0.5) is 18.9 Å². The quantitative estimate of drug-likeness (QED) is 0.614. The molecule has 22 heavy (non-hydrogen) atoms. The number of alkyl halides is 3. The molecule has 1 rings (SSSR count). The Morgan fingerprint density at radius 2 is 1.95 bits per heavy atom. The molecule has 122 valence electrons. The van der Waals surface area contributed by atoms with E-state index < -0.39 is 49.3 Å². The van der Waals surface area contributed by atoms with Gasteiger partial charge in [0.1, 0.15) is 6.04 Å². The van der Waals surface area contributed by atoms with Gasteiger partial charge in [0.15, 0.2) is 0 Å². The summed E-state index contributed by atoms with van der Waals surface area (Å²) in [6, 6.07) is -0.631. The van der Waals surface area contributed by atoms with Crippen molar-refractivity contribution in [2.45, 2.75) is 24.0 Å². The second-order valence-electron chi connectivity index (χ2n) is 4.12. The maximum atomic E-state index is 12.9. The van der Waals surface area contributed by atoms with Crippen molar-refractivity contribution >= 4 is 21.7 Å². The zero-order valence-corrected chi connectivity index (χ0v) is 11.6. The smallest absolute Gasteiger partial charge is 0.417 e. The van der Waals surface area contributed by atoms with Crippen LogP contribution in [0, 0.1) is 10.1 Å². The molecule has 12 heteroatoms. The molecule has 0 aliphatic carbocycles. The van der Waals surface area contributed by atoms with Crippen LogP contribution >= 0.6 is 0 Å². The summed E-state index contributed by atoms with van der Waals surface area (Å²) in [6.45, 7) is 0.915. The standard InChI is InChI=1S/C10H9F3N2O6S/c1-5(9(16)17)14-22(20,21)8-3-2-6(15(18)19)4-7(8)10(11,12)13/h2-5,14H,1H3,(H,16,17)/t5-/m1/s1. The molecule has 1 atom stereocenters. The molecule has 2 N–H and O–H groups in total. The molecule has 1 aromatic rings. The number of hydrogen-bond donors (Lipinski definition) is 2. The van der Waals surface area contributed by atoms with Gasteiger partial charge in [0.05, 0.1) is 15.4 Å². The number of benzene rings is 1. The number of carboxylic acids is 1. The molecule has 0 spiro atoms. The Bertz CT molecular complexity index is 716. The fourth-order valence-electron chi connectivity index (χ4n) is 1.43. The van der Waals surface area contributed by atoms with Gasteiger partial charge in [-0.25, -0.2) is 8.42 Å². The van der Waals surface area contributed by atoms with E-state index in [0.29, 0.717) is 12.1 Å². The van der Waals surface area contributed by atoms with Crippen molar-refractivity contribution < 1.29 is 36.4 Å². The van der Waals surface area contributed by atoms with Gasteiger partial charge in [-0.2, -0.15) is 17.9 Å². The maximum absolute atomic E-state index is 12.9. The predicted molar refractivity (Wildman–Crippen MR) is 65.5 cm³/mol.